The van der Waals surface area contributed by atoms with Crippen LogP contribution in [0.25, 0.3) is 0 Å². The fourth-order valence-electron chi connectivity index (χ4n) is 5.97. The van der Waals surface area contributed by atoms with Gasteiger partial charge in [0.15, 0.2) is 0 Å². The van der Waals surface area contributed by atoms with Crippen molar-refractivity contribution in [1.29, 1.82) is 0 Å². The molecule has 0 N–H and O–H groups in total. The van der Waals surface area contributed by atoms with Crippen LogP contribution in [0.5, 0.6) is 0 Å². The van der Waals surface area contributed by atoms with Crippen molar-refractivity contribution < 1.29 is 19.1 Å². The summed E-state index contributed by atoms with van der Waals surface area (Å²) in [4.78, 5) is 24.8. The molecule has 2 aliphatic carbocycles. The smallest absolute Gasteiger partial charge is 0.312 e. The van der Waals surface area contributed by atoms with Crippen LogP contribution in [0.1, 0.15) is 53.4 Å². The fraction of sp³-hybridized carbons (Fsp3) is 0.789. The minimum Gasteiger partial charge on any atom is -0.458 e. The summed E-state index contributed by atoms with van der Waals surface area (Å²) >= 11 is 0. The number of hydrogen-bond acceptors (Lipinski definition) is 4. The number of hydrogen-bond donors (Lipinski definition) is 0. The first kappa shape index (κ1) is 15.2. The van der Waals surface area contributed by atoms with E-state index in [0.717, 1.165) is 19.3 Å². The molecule has 3 fully saturated rings. The molecule has 2 saturated heterocycles. The molecule has 4 rings (SSSR count). The molecule has 0 aromatic heterocycles. The summed E-state index contributed by atoms with van der Waals surface area (Å²) in [6.45, 7) is 8.51. The lowest BCUT2D eigenvalue weighted by atomic mass is 9.47. The Balaban J connectivity index is 1.86. The van der Waals surface area contributed by atoms with Crippen LogP contribution in [0.2, 0.25) is 0 Å². The van der Waals surface area contributed by atoms with Gasteiger partial charge < -0.3 is 9.47 Å². The van der Waals surface area contributed by atoms with Gasteiger partial charge in [0.25, 0.3) is 0 Å². The molecule has 4 nitrogen and oxygen atoms in total. The van der Waals surface area contributed by atoms with Gasteiger partial charge in [-0.15, -0.1) is 0 Å². The van der Waals surface area contributed by atoms with Crippen molar-refractivity contribution in [2.45, 2.75) is 65.6 Å². The maximum atomic E-state index is 12.6. The molecule has 0 radical (unpaired) electrons. The van der Waals surface area contributed by atoms with E-state index in [4.69, 9.17) is 9.47 Å². The minimum atomic E-state index is -0.394. The Bertz CT molecular complexity index is 606. The van der Waals surface area contributed by atoms with Crippen LogP contribution in [-0.2, 0) is 19.1 Å². The highest BCUT2D eigenvalue weighted by atomic mass is 16.6. The standard InChI is InChI=1S/C19H26O4/c1-10(2)15-11-8-13-16-18(3,12(11)9-14(20)23-15)6-5-7-19(16,4)17(21)22-13/h8,10,12-13,15-16H,5-7,9H2,1-4H3/t12-,13+,15+,16+,18+,19-/m0/s1. The summed E-state index contributed by atoms with van der Waals surface area (Å²) < 4.78 is 11.4. The summed E-state index contributed by atoms with van der Waals surface area (Å²) in [5, 5.41) is 0. The average molecular weight is 318 g/mol. The van der Waals surface area contributed by atoms with Crippen LogP contribution in [0, 0.1) is 28.6 Å². The Morgan fingerprint density at radius 2 is 1.91 bits per heavy atom. The summed E-state index contributed by atoms with van der Waals surface area (Å²) in [6.07, 6.45) is 5.23. The normalized spacial score (nSPS) is 48.3. The maximum Gasteiger partial charge on any atom is 0.312 e. The zero-order chi connectivity index (χ0) is 16.6. The van der Waals surface area contributed by atoms with Gasteiger partial charge in [0.1, 0.15) is 12.2 Å². The number of carbonyl (C=O) groups excluding carboxylic acids is 2. The monoisotopic (exact) mass is 318 g/mol. The highest BCUT2D eigenvalue weighted by Gasteiger charge is 2.66. The molecule has 6 atom stereocenters. The topological polar surface area (TPSA) is 52.6 Å². The van der Waals surface area contributed by atoms with Crippen LogP contribution >= 0.6 is 0 Å². The number of ether oxygens (including phenoxy) is 2. The molecule has 1 saturated carbocycles. The third-order valence-corrected chi connectivity index (χ3v) is 6.96. The van der Waals surface area contributed by atoms with Crippen LogP contribution in [-0.4, -0.2) is 24.1 Å². The third kappa shape index (κ3) is 1.84. The molecule has 0 aromatic carbocycles. The van der Waals surface area contributed by atoms with Crippen LogP contribution in [0.3, 0.4) is 0 Å². The van der Waals surface area contributed by atoms with Crippen molar-refractivity contribution in [3.63, 3.8) is 0 Å². The second-order valence-electron chi connectivity index (χ2n) is 8.70. The molecule has 0 unspecified atom stereocenters. The maximum absolute atomic E-state index is 12.6. The van der Waals surface area contributed by atoms with E-state index in [1.807, 2.05) is 0 Å². The van der Waals surface area contributed by atoms with Gasteiger partial charge in [0.05, 0.1) is 11.8 Å². The van der Waals surface area contributed by atoms with Gasteiger partial charge in [0.2, 0.25) is 0 Å². The highest BCUT2D eigenvalue weighted by Crippen LogP contribution is 2.65. The Kier molecular flexibility index (Phi) is 3.05. The molecule has 2 heterocycles. The quantitative estimate of drug-likeness (QED) is 0.550. The lowest BCUT2D eigenvalue weighted by Crippen LogP contribution is -2.56. The van der Waals surface area contributed by atoms with Crippen molar-refractivity contribution in [3.8, 4) is 0 Å². The number of cyclic esters (lactones) is 1. The second kappa shape index (κ2) is 4.61. The molecule has 2 aliphatic heterocycles. The predicted octanol–water partition coefficient (Wildman–Crippen LogP) is 3.25. The summed E-state index contributed by atoms with van der Waals surface area (Å²) in [5.74, 6) is 0.459. The molecule has 4 aliphatic rings. The van der Waals surface area contributed by atoms with E-state index < -0.39 is 5.41 Å². The first-order valence-corrected chi connectivity index (χ1v) is 8.89. The molecule has 0 amide bonds. The largest absolute Gasteiger partial charge is 0.458 e. The molecule has 23 heavy (non-hydrogen) atoms. The SMILES string of the molecule is CC(C)[C@H]1OC(=O)C[C@H]2C1=C[C@H]1OC(=O)[C@@]3(C)CCC[C@@]2(C)[C@@H]13. The fourth-order valence-corrected chi connectivity index (χ4v) is 5.97. The van der Waals surface area contributed by atoms with Gasteiger partial charge in [-0.1, -0.05) is 27.2 Å². The van der Waals surface area contributed by atoms with E-state index in [9.17, 15) is 9.59 Å². The lowest BCUT2D eigenvalue weighted by Gasteiger charge is -2.56. The molecule has 4 heteroatoms. The molecule has 0 spiro atoms. The van der Waals surface area contributed by atoms with E-state index in [1.54, 1.807) is 0 Å². The van der Waals surface area contributed by atoms with E-state index >= 15 is 0 Å². The summed E-state index contributed by atoms with van der Waals surface area (Å²) in [7, 11) is 0. The van der Waals surface area contributed by atoms with Gasteiger partial charge >= 0.3 is 11.9 Å². The number of esters is 2. The van der Waals surface area contributed by atoms with E-state index in [-0.39, 0.29) is 47.3 Å². The Morgan fingerprint density at radius 3 is 2.61 bits per heavy atom. The first-order chi connectivity index (χ1) is 10.8. The van der Waals surface area contributed by atoms with Crippen molar-refractivity contribution >= 4 is 11.9 Å². The van der Waals surface area contributed by atoms with Gasteiger partial charge in [-0.05, 0) is 48.7 Å². The van der Waals surface area contributed by atoms with Gasteiger partial charge in [-0.2, -0.15) is 0 Å². The van der Waals surface area contributed by atoms with E-state index in [2.05, 4.69) is 33.8 Å². The predicted molar refractivity (Wildman–Crippen MR) is 84.3 cm³/mol. The number of rotatable bonds is 1. The summed E-state index contributed by atoms with van der Waals surface area (Å²) in [6, 6.07) is 0. The van der Waals surface area contributed by atoms with Gasteiger partial charge in [-0.3, -0.25) is 9.59 Å². The Morgan fingerprint density at radius 1 is 1.17 bits per heavy atom. The zero-order valence-electron chi connectivity index (χ0n) is 14.4. The molecular formula is C19H26O4. The van der Waals surface area contributed by atoms with Crippen molar-refractivity contribution in [1.82, 2.24) is 0 Å². The van der Waals surface area contributed by atoms with E-state index in [0.29, 0.717) is 6.42 Å². The number of fused-ring (bicyclic) bond motifs is 2. The molecular weight excluding hydrogens is 292 g/mol. The van der Waals surface area contributed by atoms with Crippen molar-refractivity contribution in [3.05, 3.63) is 11.6 Å². The van der Waals surface area contributed by atoms with Crippen LogP contribution in [0.15, 0.2) is 11.6 Å². The first-order valence-electron chi connectivity index (χ1n) is 8.89. The second-order valence-corrected chi connectivity index (χ2v) is 8.70. The summed E-state index contributed by atoms with van der Waals surface area (Å²) in [5.41, 5.74) is 0.747. The average Bonchev–Trinajstić information content (AvgIpc) is 2.72. The Hall–Kier alpha value is -1.32. The Labute approximate surface area is 137 Å². The third-order valence-electron chi connectivity index (χ3n) is 6.96. The molecule has 0 bridgehead atoms. The van der Waals surface area contributed by atoms with Gasteiger partial charge in [0, 0.05) is 5.92 Å². The van der Waals surface area contributed by atoms with Crippen molar-refractivity contribution in [2.24, 2.45) is 28.6 Å². The van der Waals surface area contributed by atoms with Crippen molar-refractivity contribution in [2.75, 3.05) is 0 Å². The van der Waals surface area contributed by atoms with Gasteiger partial charge in [-0.25, -0.2) is 0 Å². The van der Waals surface area contributed by atoms with Crippen LogP contribution in [0.4, 0.5) is 0 Å². The zero-order valence-corrected chi connectivity index (χ0v) is 14.4. The highest BCUT2D eigenvalue weighted by molar-refractivity contribution is 5.81. The number of carbonyl (C=O) groups is 2. The minimum absolute atomic E-state index is 0.0535. The van der Waals surface area contributed by atoms with Crippen LogP contribution < -0.4 is 0 Å². The molecule has 126 valence electrons. The van der Waals surface area contributed by atoms with E-state index in [1.165, 1.54) is 5.57 Å². The lowest BCUT2D eigenvalue weighted by molar-refractivity contribution is -0.161. The molecule has 0 aromatic rings.